The number of likely N-dealkylation sites (tertiary alicyclic amines) is 1. The van der Waals surface area contributed by atoms with Crippen LogP contribution in [0.4, 0.5) is 0 Å². The van der Waals surface area contributed by atoms with Gasteiger partial charge in [0.25, 0.3) is 0 Å². The largest absolute Gasteiger partial charge is 0.329 e. The maximum atomic E-state index is 6.10. The molecule has 0 spiro atoms. The van der Waals surface area contributed by atoms with Gasteiger partial charge in [0.1, 0.15) is 0 Å². The number of nitrogens with two attached hydrogens (primary N) is 1. The van der Waals surface area contributed by atoms with Gasteiger partial charge in [0, 0.05) is 25.2 Å². The number of aryl methyl sites for hydroxylation is 1. The molecule has 0 bridgehead atoms. The number of benzene rings is 1. The van der Waals surface area contributed by atoms with Crippen LogP contribution >= 0.6 is 0 Å². The van der Waals surface area contributed by atoms with Gasteiger partial charge in [-0.2, -0.15) is 0 Å². The van der Waals surface area contributed by atoms with E-state index in [0.29, 0.717) is 18.6 Å². The molecule has 2 rings (SSSR count). The molecule has 2 nitrogen and oxygen atoms in total. The van der Waals surface area contributed by atoms with Crippen LogP contribution in [0.5, 0.6) is 0 Å². The Morgan fingerprint density at radius 1 is 1.32 bits per heavy atom. The first-order valence-electron chi connectivity index (χ1n) is 7.55. The van der Waals surface area contributed by atoms with E-state index in [9.17, 15) is 0 Å². The van der Waals surface area contributed by atoms with Crippen molar-refractivity contribution in [1.29, 1.82) is 0 Å². The van der Waals surface area contributed by atoms with E-state index in [-0.39, 0.29) is 0 Å². The molecule has 0 aromatic heterocycles. The van der Waals surface area contributed by atoms with Crippen LogP contribution in [0, 0.1) is 18.8 Å². The molecule has 2 N–H and O–H groups in total. The van der Waals surface area contributed by atoms with Crippen molar-refractivity contribution >= 4 is 0 Å². The summed E-state index contributed by atoms with van der Waals surface area (Å²) in [7, 11) is 0. The summed E-state index contributed by atoms with van der Waals surface area (Å²) in [5, 5.41) is 0. The Morgan fingerprint density at radius 2 is 2.05 bits per heavy atom. The molecule has 1 heterocycles. The predicted octanol–water partition coefficient (Wildman–Crippen LogP) is 3.36. The van der Waals surface area contributed by atoms with Gasteiger partial charge in [-0.15, -0.1) is 0 Å². The van der Waals surface area contributed by atoms with E-state index < -0.39 is 0 Å². The van der Waals surface area contributed by atoms with Crippen LogP contribution in [0.3, 0.4) is 0 Å². The number of rotatable bonds is 3. The van der Waals surface area contributed by atoms with E-state index in [4.69, 9.17) is 5.73 Å². The first-order valence-corrected chi connectivity index (χ1v) is 7.55. The van der Waals surface area contributed by atoms with E-state index in [1.807, 2.05) is 0 Å². The third-order valence-electron chi connectivity index (χ3n) is 4.69. The maximum absolute atomic E-state index is 6.10. The van der Waals surface area contributed by atoms with E-state index in [1.165, 1.54) is 24.1 Å². The summed E-state index contributed by atoms with van der Waals surface area (Å²) >= 11 is 0. The third-order valence-corrected chi connectivity index (χ3v) is 4.69. The lowest BCUT2D eigenvalue weighted by Crippen LogP contribution is -2.49. The van der Waals surface area contributed by atoms with Crippen LogP contribution in [0.2, 0.25) is 0 Å². The summed E-state index contributed by atoms with van der Waals surface area (Å²) in [6, 6.07) is 9.79. The summed E-state index contributed by atoms with van der Waals surface area (Å²) in [5.41, 5.74) is 8.79. The molecule has 1 aromatic rings. The number of hydrogen-bond acceptors (Lipinski definition) is 2. The van der Waals surface area contributed by atoms with Gasteiger partial charge < -0.3 is 5.73 Å². The molecule has 106 valence electrons. The van der Waals surface area contributed by atoms with Crippen LogP contribution in [0.15, 0.2) is 24.3 Å². The number of nitrogens with zero attached hydrogens (tertiary/aromatic N) is 1. The second kappa shape index (κ2) is 6.06. The quantitative estimate of drug-likeness (QED) is 0.903. The lowest BCUT2D eigenvalue weighted by atomic mass is 9.84. The third kappa shape index (κ3) is 3.18. The van der Waals surface area contributed by atoms with Gasteiger partial charge in [-0.05, 0) is 37.7 Å². The topological polar surface area (TPSA) is 29.3 Å². The molecule has 0 aliphatic carbocycles. The van der Waals surface area contributed by atoms with Gasteiger partial charge in [0.15, 0.2) is 0 Å². The molecule has 1 aromatic carbocycles. The van der Waals surface area contributed by atoms with Crippen molar-refractivity contribution in [1.82, 2.24) is 4.90 Å². The normalized spacial score (nSPS) is 30.3. The van der Waals surface area contributed by atoms with Crippen LogP contribution in [0.1, 0.15) is 44.4 Å². The predicted molar refractivity (Wildman–Crippen MR) is 82.1 cm³/mol. The van der Waals surface area contributed by atoms with Gasteiger partial charge in [-0.3, -0.25) is 4.90 Å². The summed E-state index contributed by atoms with van der Waals surface area (Å²) in [6.07, 6.45) is 1.34. The van der Waals surface area contributed by atoms with Crippen LogP contribution < -0.4 is 5.73 Å². The van der Waals surface area contributed by atoms with Crippen molar-refractivity contribution < 1.29 is 0 Å². The molecule has 1 aliphatic heterocycles. The lowest BCUT2D eigenvalue weighted by Gasteiger charge is -2.45. The summed E-state index contributed by atoms with van der Waals surface area (Å²) in [4.78, 5) is 2.62. The Morgan fingerprint density at radius 3 is 2.68 bits per heavy atom. The van der Waals surface area contributed by atoms with Crippen LogP contribution in [-0.4, -0.2) is 24.0 Å². The fourth-order valence-corrected chi connectivity index (χ4v) is 3.51. The smallest absolute Gasteiger partial charge is 0.0473 e. The highest BCUT2D eigenvalue weighted by molar-refractivity contribution is 5.25. The van der Waals surface area contributed by atoms with E-state index in [2.05, 4.69) is 56.9 Å². The Bertz CT molecular complexity index is 415. The van der Waals surface area contributed by atoms with Gasteiger partial charge >= 0.3 is 0 Å². The Hall–Kier alpha value is -0.860. The molecule has 0 amide bonds. The Balaban J connectivity index is 2.25. The minimum absolute atomic E-state index is 0.361. The van der Waals surface area contributed by atoms with Gasteiger partial charge in [0.05, 0.1) is 0 Å². The summed E-state index contributed by atoms with van der Waals surface area (Å²) in [6.45, 7) is 11.1. The zero-order valence-corrected chi connectivity index (χ0v) is 12.8. The standard InChI is InChI=1S/C17H28N2/c1-12-6-5-7-16(9-12)17(10-18)19-11-13(2)8-14(3)15(19)4/h5-7,9,13-15,17H,8,10-11,18H2,1-4H3. The molecule has 1 aliphatic rings. The highest BCUT2D eigenvalue weighted by Crippen LogP contribution is 2.33. The molecule has 1 fully saturated rings. The van der Waals surface area contributed by atoms with Crippen molar-refractivity contribution in [2.24, 2.45) is 17.6 Å². The Labute approximate surface area is 118 Å². The molecule has 1 saturated heterocycles. The maximum Gasteiger partial charge on any atom is 0.0473 e. The second-order valence-corrected chi connectivity index (χ2v) is 6.42. The number of piperidine rings is 1. The van der Waals surface area contributed by atoms with E-state index in [1.54, 1.807) is 0 Å². The minimum atomic E-state index is 0.361. The fourth-order valence-electron chi connectivity index (χ4n) is 3.51. The van der Waals surface area contributed by atoms with Gasteiger partial charge in [0.2, 0.25) is 0 Å². The Kier molecular flexibility index (Phi) is 4.64. The van der Waals surface area contributed by atoms with Gasteiger partial charge in [-0.1, -0.05) is 43.7 Å². The first-order chi connectivity index (χ1) is 9.02. The van der Waals surface area contributed by atoms with Crippen LogP contribution in [-0.2, 0) is 0 Å². The van der Waals surface area contributed by atoms with Crippen molar-refractivity contribution in [3.8, 4) is 0 Å². The van der Waals surface area contributed by atoms with Crippen molar-refractivity contribution in [3.05, 3.63) is 35.4 Å². The molecule has 0 saturated carbocycles. The van der Waals surface area contributed by atoms with Crippen LogP contribution in [0.25, 0.3) is 0 Å². The average Bonchev–Trinajstić information content (AvgIpc) is 2.36. The zero-order valence-electron chi connectivity index (χ0n) is 12.8. The second-order valence-electron chi connectivity index (χ2n) is 6.42. The minimum Gasteiger partial charge on any atom is -0.329 e. The molecule has 4 unspecified atom stereocenters. The van der Waals surface area contributed by atoms with Crippen molar-refractivity contribution in [2.75, 3.05) is 13.1 Å². The SMILES string of the molecule is Cc1cccc(C(CN)N2CC(C)CC(C)C2C)c1. The number of hydrogen-bond donors (Lipinski definition) is 1. The molecule has 2 heteroatoms. The first kappa shape index (κ1) is 14.5. The van der Waals surface area contributed by atoms with Gasteiger partial charge in [-0.25, -0.2) is 0 Å². The van der Waals surface area contributed by atoms with Crippen molar-refractivity contribution in [3.63, 3.8) is 0 Å². The summed E-state index contributed by atoms with van der Waals surface area (Å²) < 4.78 is 0. The monoisotopic (exact) mass is 260 g/mol. The lowest BCUT2D eigenvalue weighted by molar-refractivity contribution is 0.0424. The molecular formula is C17H28N2. The van der Waals surface area contributed by atoms with E-state index >= 15 is 0 Å². The molecule has 0 radical (unpaired) electrons. The molecule has 4 atom stereocenters. The highest BCUT2D eigenvalue weighted by Gasteiger charge is 2.33. The average molecular weight is 260 g/mol. The zero-order chi connectivity index (χ0) is 14.0. The van der Waals surface area contributed by atoms with E-state index in [0.717, 1.165) is 11.8 Å². The molecular weight excluding hydrogens is 232 g/mol. The fraction of sp³-hybridized carbons (Fsp3) is 0.647. The highest BCUT2D eigenvalue weighted by atomic mass is 15.2. The molecule has 19 heavy (non-hydrogen) atoms. The summed E-state index contributed by atoms with van der Waals surface area (Å²) in [5.74, 6) is 1.52. The van der Waals surface area contributed by atoms with Crippen molar-refractivity contribution in [2.45, 2.75) is 46.2 Å².